The van der Waals surface area contributed by atoms with E-state index < -0.39 is 0 Å². The van der Waals surface area contributed by atoms with E-state index in [1.807, 2.05) is 4.57 Å². The highest BCUT2D eigenvalue weighted by Gasteiger charge is 2.60. The van der Waals surface area contributed by atoms with E-state index in [4.69, 9.17) is 0 Å². The highest BCUT2D eigenvalue weighted by molar-refractivity contribution is 5.97. The summed E-state index contributed by atoms with van der Waals surface area (Å²) in [6.07, 6.45) is 13.7. The maximum atomic E-state index is 13.5. The third-order valence-electron chi connectivity index (χ3n) is 8.09. The van der Waals surface area contributed by atoms with Gasteiger partial charge in [-0.3, -0.25) is 9.59 Å². The van der Waals surface area contributed by atoms with Crippen molar-refractivity contribution in [1.82, 2.24) is 14.9 Å². The van der Waals surface area contributed by atoms with Gasteiger partial charge >= 0.3 is 0 Å². The molecule has 4 fully saturated rings. The van der Waals surface area contributed by atoms with Gasteiger partial charge in [-0.2, -0.15) is 0 Å². The van der Waals surface area contributed by atoms with Crippen molar-refractivity contribution in [3.63, 3.8) is 0 Å². The minimum absolute atomic E-state index is 0.163. The van der Waals surface area contributed by atoms with Gasteiger partial charge in [-0.25, -0.2) is 4.98 Å². The van der Waals surface area contributed by atoms with Crippen molar-refractivity contribution in [3.8, 4) is 0 Å². The molecule has 0 aliphatic heterocycles. The van der Waals surface area contributed by atoms with E-state index in [-0.39, 0.29) is 22.4 Å². The van der Waals surface area contributed by atoms with E-state index in [9.17, 15) is 9.59 Å². The summed E-state index contributed by atoms with van der Waals surface area (Å²) in [7, 11) is 0. The van der Waals surface area contributed by atoms with Gasteiger partial charge in [0, 0.05) is 24.5 Å². The molecule has 5 nitrogen and oxygen atoms in total. The first-order valence-corrected chi connectivity index (χ1v) is 12.0. The molecule has 31 heavy (non-hydrogen) atoms. The number of nitrogens with zero attached hydrogens (tertiary/aromatic N) is 2. The number of unbranched alkanes of at least 4 members (excludes halogenated alkanes) is 2. The molecule has 2 heterocycles. The second kappa shape index (κ2) is 7.18. The summed E-state index contributed by atoms with van der Waals surface area (Å²) in [5.41, 5.74) is 1.21. The predicted molar refractivity (Wildman–Crippen MR) is 123 cm³/mol. The average Bonchev–Trinajstić information content (AvgIpc) is 2.66. The Morgan fingerprint density at radius 3 is 2.58 bits per heavy atom. The van der Waals surface area contributed by atoms with Crippen LogP contribution in [0.25, 0.3) is 11.0 Å². The van der Waals surface area contributed by atoms with Gasteiger partial charge in [0.25, 0.3) is 5.91 Å². The summed E-state index contributed by atoms with van der Waals surface area (Å²) in [4.78, 5) is 31.2. The Bertz CT molecular complexity index is 1070. The fourth-order valence-electron chi connectivity index (χ4n) is 7.98. The molecule has 5 heteroatoms. The summed E-state index contributed by atoms with van der Waals surface area (Å²) in [5, 5.41) is 3.96. The van der Waals surface area contributed by atoms with Crippen molar-refractivity contribution in [2.24, 2.45) is 16.7 Å². The molecule has 4 aliphatic carbocycles. The van der Waals surface area contributed by atoms with Gasteiger partial charge in [-0.05, 0) is 73.8 Å². The van der Waals surface area contributed by atoms with E-state index in [2.05, 4.69) is 31.1 Å². The number of aryl methyl sites for hydroxylation is 1. The number of fused-ring (bicyclic) bond motifs is 1. The molecule has 4 atom stereocenters. The molecule has 4 aliphatic rings. The lowest BCUT2D eigenvalue weighted by atomic mass is 9.43. The Hall–Kier alpha value is -2.17. The van der Waals surface area contributed by atoms with Gasteiger partial charge < -0.3 is 9.88 Å². The zero-order chi connectivity index (χ0) is 21.9. The lowest BCUT2D eigenvalue weighted by Gasteiger charge is -2.65. The molecule has 0 aromatic carbocycles. The van der Waals surface area contributed by atoms with Crippen LogP contribution in [0.15, 0.2) is 29.3 Å². The number of pyridine rings is 2. The summed E-state index contributed by atoms with van der Waals surface area (Å²) >= 11 is 0. The number of nitrogens with one attached hydrogen (secondary N) is 1. The maximum Gasteiger partial charge on any atom is 0.257 e. The second-order valence-corrected chi connectivity index (χ2v) is 11.5. The SMILES string of the molecule is CCCCCn1cc(C(=O)NC23CC4C[C@@](C)(C2)C[C@](C)(C4)C3)c(=O)c2cccnc21. The number of hydrogen-bond donors (Lipinski definition) is 1. The van der Waals surface area contributed by atoms with Crippen LogP contribution in [0.3, 0.4) is 0 Å². The monoisotopic (exact) mass is 421 g/mol. The molecule has 1 amide bonds. The summed E-state index contributed by atoms with van der Waals surface area (Å²) in [5.74, 6) is 0.493. The zero-order valence-corrected chi connectivity index (χ0v) is 19.2. The molecule has 0 radical (unpaired) electrons. The smallest absolute Gasteiger partial charge is 0.257 e. The first-order chi connectivity index (χ1) is 14.7. The molecule has 6 rings (SSSR count). The molecule has 0 saturated heterocycles. The van der Waals surface area contributed by atoms with Crippen LogP contribution >= 0.6 is 0 Å². The van der Waals surface area contributed by atoms with Gasteiger partial charge in [-0.15, -0.1) is 0 Å². The average molecular weight is 422 g/mol. The first kappa shape index (κ1) is 20.7. The summed E-state index contributed by atoms with van der Waals surface area (Å²) in [6.45, 7) is 7.75. The van der Waals surface area contributed by atoms with Crippen LogP contribution in [0.2, 0.25) is 0 Å². The molecule has 4 saturated carbocycles. The second-order valence-electron chi connectivity index (χ2n) is 11.5. The normalized spacial score (nSPS) is 33.7. The minimum Gasteiger partial charge on any atom is -0.346 e. The van der Waals surface area contributed by atoms with Crippen molar-refractivity contribution >= 4 is 16.9 Å². The van der Waals surface area contributed by atoms with Crippen molar-refractivity contribution < 1.29 is 4.79 Å². The fourth-order valence-corrected chi connectivity index (χ4v) is 7.98. The van der Waals surface area contributed by atoms with Crippen LogP contribution in [0.4, 0.5) is 0 Å². The molecule has 2 aromatic rings. The van der Waals surface area contributed by atoms with Crippen LogP contribution in [0, 0.1) is 16.7 Å². The molecule has 0 spiro atoms. The third kappa shape index (κ3) is 3.60. The predicted octanol–water partition coefficient (Wildman–Crippen LogP) is 5.07. The Morgan fingerprint density at radius 1 is 1.16 bits per heavy atom. The Balaban J connectivity index is 1.49. The van der Waals surface area contributed by atoms with Gasteiger partial charge in [0.1, 0.15) is 11.2 Å². The number of carbonyl (C=O) groups excluding carboxylic acids is 1. The van der Waals surface area contributed by atoms with Crippen LogP contribution in [0.1, 0.15) is 88.9 Å². The topological polar surface area (TPSA) is 64.0 Å². The quantitative estimate of drug-likeness (QED) is 0.663. The minimum atomic E-state index is -0.200. The summed E-state index contributed by atoms with van der Waals surface area (Å²) < 4.78 is 2.00. The molecular formula is C26H35N3O2. The largest absolute Gasteiger partial charge is 0.346 e. The number of aromatic nitrogens is 2. The maximum absolute atomic E-state index is 13.5. The highest BCUT2D eigenvalue weighted by atomic mass is 16.2. The highest BCUT2D eigenvalue weighted by Crippen LogP contribution is 2.66. The molecule has 4 bridgehead atoms. The number of carbonyl (C=O) groups is 1. The van der Waals surface area contributed by atoms with Gasteiger partial charge in [0.05, 0.1) is 5.39 Å². The molecular weight excluding hydrogens is 386 g/mol. The Morgan fingerprint density at radius 2 is 1.90 bits per heavy atom. The molecule has 2 aromatic heterocycles. The molecule has 2 unspecified atom stereocenters. The molecule has 1 N–H and O–H groups in total. The standard InChI is InChI=1S/C26H35N3O2/c1-4-5-6-10-29-14-20(21(30)19-8-7-9-27-22(19)29)23(31)28-26-13-18-11-24(2,16-26)15-25(3,12-18)17-26/h7-9,14,18H,4-6,10-13,15-17H2,1-3H3,(H,28,31)/t18?,24-,25+,26?. The van der Waals surface area contributed by atoms with Gasteiger partial charge in [0.2, 0.25) is 5.43 Å². The Kier molecular flexibility index (Phi) is 4.80. The van der Waals surface area contributed by atoms with Crippen LogP contribution in [-0.2, 0) is 6.54 Å². The number of amides is 1. The van der Waals surface area contributed by atoms with Crippen molar-refractivity contribution in [2.75, 3.05) is 0 Å². The van der Waals surface area contributed by atoms with Crippen molar-refractivity contribution in [2.45, 2.75) is 90.6 Å². The summed E-state index contributed by atoms with van der Waals surface area (Å²) in [6, 6.07) is 3.58. The van der Waals surface area contributed by atoms with Crippen molar-refractivity contribution in [3.05, 3.63) is 40.3 Å². The van der Waals surface area contributed by atoms with Crippen LogP contribution < -0.4 is 10.7 Å². The fraction of sp³-hybridized carbons (Fsp3) is 0.654. The third-order valence-corrected chi connectivity index (χ3v) is 8.09. The van der Waals surface area contributed by atoms with Crippen LogP contribution in [0.5, 0.6) is 0 Å². The molecule has 166 valence electrons. The van der Waals surface area contributed by atoms with E-state index in [1.54, 1.807) is 24.5 Å². The zero-order valence-electron chi connectivity index (χ0n) is 19.2. The van der Waals surface area contributed by atoms with Gasteiger partial charge in [0.15, 0.2) is 0 Å². The van der Waals surface area contributed by atoms with E-state index in [1.165, 1.54) is 19.3 Å². The van der Waals surface area contributed by atoms with E-state index in [0.29, 0.717) is 27.8 Å². The number of rotatable bonds is 6. The number of hydrogen-bond acceptors (Lipinski definition) is 3. The van der Waals surface area contributed by atoms with Crippen molar-refractivity contribution in [1.29, 1.82) is 0 Å². The van der Waals surface area contributed by atoms with Crippen LogP contribution in [-0.4, -0.2) is 21.0 Å². The van der Waals surface area contributed by atoms with E-state index >= 15 is 0 Å². The lowest BCUT2D eigenvalue weighted by molar-refractivity contribution is -0.114. The first-order valence-electron chi connectivity index (χ1n) is 12.0. The lowest BCUT2D eigenvalue weighted by Crippen LogP contribution is -2.65. The van der Waals surface area contributed by atoms with E-state index in [0.717, 1.165) is 45.1 Å². The Labute approximate surface area is 184 Å². The van der Waals surface area contributed by atoms with Gasteiger partial charge in [-0.1, -0.05) is 33.6 Å².